The van der Waals surface area contributed by atoms with Gasteiger partial charge >= 0.3 is 5.97 Å². The smallest absolute Gasteiger partial charge is 0.336 e. The molecule has 2 aromatic rings. The van der Waals surface area contributed by atoms with Crippen LogP contribution in [0.25, 0.3) is 0 Å². The van der Waals surface area contributed by atoms with E-state index < -0.39 is 12.1 Å². The molecule has 1 unspecified atom stereocenters. The lowest BCUT2D eigenvalue weighted by molar-refractivity contribution is 0.0692. The molecule has 0 bridgehead atoms. The second-order valence-electron chi connectivity index (χ2n) is 3.57. The molecule has 0 saturated carbocycles. The monoisotopic (exact) mass is 346 g/mol. The molecule has 0 amide bonds. The van der Waals surface area contributed by atoms with E-state index >= 15 is 0 Å². The summed E-state index contributed by atoms with van der Waals surface area (Å²) in [6.45, 7) is 0. The second kappa shape index (κ2) is 5.40. The Hall–Kier alpha value is -0.880. The number of aromatic carboxylic acids is 1. The molecule has 6 heteroatoms. The minimum atomic E-state index is -1.06. The van der Waals surface area contributed by atoms with Crippen LogP contribution in [0.4, 0.5) is 0 Å². The Kier molecular flexibility index (Phi) is 4.07. The molecule has 94 valence electrons. The van der Waals surface area contributed by atoms with Crippen LogP contribution in [-0.2, 0) is 0 Å². The molecular formula is C12H8BrClO3S. The van der Waals surface area contributed by atoms with Crippen LogP contribution in [-0.4, -0.2) is 16.2 Å². The SMILES string of the molecule is O=C(O)c1ccsc1C(O)c1cc(Br)ccc1Cl. The Labute approximate surface area is 121 Å². The number of hydrogen-bond donors (Lipinski definition) is 2. The molecule has 0 radical (unpaired) electrons. The van der Waals surface area contributed by atoms with Crippen LogP contribution in [0.1, 0.15) is 26.9 Å². The van der Waals surface area contributed by atoms with E-state index in [2.05, 4.69) is 15.9 Å². The van der Waals surface area contributed by atoms with Crippen molar-refractivity contribution in [2.24, 2.45) is 0 Å². The summed E-state index contributed by atoms with van der Waals surface area (Å²) in [5.74, 6) is -1.06. The van der Waals surface area contributed by atoms with Gasteiger partial charge in [0.1, 0.15) is 6.10 Å². The molecule has 1 aromatic heterocycles. The third-order valence-electron chi connectivity index (χ3n) is 2.43. The Bertz CT molecular complexity index is 597. The molecule has 0 aliphatic carbocycles. The van der Waals surface area contributed by atoms with Gasteiger partial charge in [-0.15, -0.1) is 11.3 Å². The van der Waals surface area contributed by atoms with Crippen molar-refractivity contribution in [3.05, 3.63) is 55.1 Å². The fraction of sp³-hybridized carbons (Fsp3) is 0.0833. The molecule has 2 rings (SSSR count). The van der Waals surface area contributed by atoms with Crippen LogP contribution in [0.15, 0.2) is 34.1 Å². The normalized spacial score (nSPS) is 12.4. The lowest BCUT2D eigenvalue weighted by Crippen LogP contribution is -2.05. The summed E-state index contributed by atoms with van der Waals surface area (Å²) in [6, 6.07) is 6.55. The first kappa shape index (κ1) is 13.5. The van der Waals surface area contributed by atoms with Crippen LogP contribution < -0.4 is 0 Å². The summed E-state index contributed by atoms with van der Waals surface area (Å²) in [4.78, 5) is 11.4. The minimum Gasteiger partial charge on any atom is -0.478 e. The van der Waals surface area contributed by atoms with Gasteiger partial charge in [-0.3, -0.25) is 0 Å². The zero-order chi connectivity index (χ0) is 13.3. The van der Waals surface area contributed by atoms with Crippen molar-refractivity contribution in [3.8, 4) is 0 Å². The molecule has 0 saturated heterocycles. The van der Waals surface area contributed by atoms with Crippen molar-refractivity contribution in [2.45, 2.75) is 6.10 Å². The van der Waals surface area contributed by atoms with Gasteiger partial charge < -0.3 is 10.2 Å². The maximum absolute atomic E-state index is 11.0. The van der Waals surface area contributed by atoms with E-state index in [0.29, 0.717) is 15.5 Å². The standard InChI is InChI=1S/C12H8BrClO3S/c13-6-1-2-9(14)8(5-6)10(15)11-7(12(16)17)3-4-18-11/h1-5,10,15H,(H,16,17). The highest BCUT2D eigenvalue weighted by Crippen LogP contribution is 2.34. The topological polar surface area (TPSA) is 57.5 Å². The molecule has 0 aliphatic rings. The van der Waals surface area contributed by atoms with Gasteiger partial charge in [-0.05, 0) is 29.6 Å². The number of hydrogen-bond acceptors (Lipinski definition) is 3. The lowest BCUT2D eigenvalue weighted by atomic mass is 10.1. The quantitative estimate of drug-likeness (QED) is 0.884. The first-order chi connectivity index (χ1) is 8.50. The first-order valence-corrected chi connectivity index (χ1v) is 6.99. The van der Waals surface area contributed by atoms with Gasteiger partial charge in [0.05, 0.1) is 10.4 Å². The Morgan fingerprint density at radius 1 is 1.39 bits per heavy atom. The lowest BCUT2D eigenvalue weighted by Gasteiger charge is -2.12. The van der Waals surface area contributed by atoms with Gasteiger partial charge in [0.2, 0.25) is 0 Å². The largest absolute Gasteiger partial charge is 0.478 e. The highest BCUT2D eigenvalue weighted by molar-refractivity contribution is 9.10. The van der Waals surface area contributed by atoms with Crippen LogP contribution >= 0.6 is 38.9 Å². The van der Waals surface area contributed by atoms with Gasteiger partial charge in [-0.2, -0.15) is 0 Å². The minimum absolute atomic E-state index is 0.101. The number of aliphatic hydroxyl groups excluding tert-OH is 1. The molecule has 0 fully saturated rings. The highest BCUT2D eigenvalue weighted by Gasteiger charge is 2.22. The Balaban J connectivity index is 2.47. The molecule has 1 atom stereocenters. The third-order valence-corrected chi connectivity index (χ3v) is 4.23. The van der Waals surface area contributed by atoms with Gasteiger partial charge in [0.25, 0.3) is 0 Å². The summed E-state index contributed by atoms with van der Waals surface area (Å²) in [6.07, 6.45) is -1.04. The van der Waals surface area contributed by atoms with Gasteiger partial charge in [-0.25, -0.2) is 4.79 Å². The van der Waals surface area contributed by atoms with Crippen molar-refractivity contribution < 1.29 is 15.0 Å². The molecular weight excluding hydrogens is 340 g/mol. The molecule has 1 heterocycles. The van der Waals surface area contributed by atoms with Crippen LogP contribution in [0.3, 0.4) is 0 Å². The van der Waals surface area contributed by atoms with Crippen molar-refractivity contribution >= 4 is 44.8 Å². The number of aliphatic hydroxyl groups is 1. The van der Waals surface area contributed by atoms with E-state index in [1.54, 1.807) is 23.6 Å². The van der Waals surface area contributed by atoms with Gasteiger partial charge in [0, 0.05) is 15.1 Å². The highest BCUT2D eigenvalue weighted by atomic mass is 79.9. The fourth-order valence-corrected chi connectivity index (χ4v) is 3.06. The summed E-state index contributed by atoms with van der Waals surface area (Å²) < 4.78 is 0.773. The Morgan fingerprint density at radius 3 is 2.78 bits per heavy atom. The van der Waals surface area contributed by atoms with Gasteiger partial charge in [-0.1, -0.05) is 27.5 Å². The third kappa shape index (κ3) is 2.59. The average molecular weight is 348 g/mol. The number of carboxylic acid groups (broad SMARTS) is 1. The van der Waals surface area contributed by atoms with E-state index in [-0.39, 0.29) is 5.56 Å². The summed E-state index contributed by atoms with van der Waals surface area (Å²) >= 11 is 10.5. The maximum Gasteiger partial charge on any atom is 0.336 e. The first-order valence-electron chi connectivity index (χ1n) is 4.94. The molecule has 1 aromatic carbocycles. The van der Waals surface area contributed by atoms with Crippen LogP contribution in [0, 0.1) is 0 Å². The van der Waals surface area contributed by atoms with Crippen molar-refractivity contribution in [3.63, 3.8) is 0 Å². The van der Waals surface area contributed by atoms with E-state index in [9.17, 15) is 9.90 Å². The number of carboxylic acids is 1. The molecule has 2 N–H and O–H groups in total. The second-order valence-corrected chi connectivity index (χ2v) is 5.84. The fourth-order valence-electron chi connectivity index (χ4n) is 1.57. The van der Waals surface area contributed by atoms with Crippen molar-refractivity contribution in [1.82, 2.24) is 0 Å². The van der Waals surface area contributed by atoms with Crippen LogP contribution in [0.2, 0.25) is 5.02 Å². The maximum atomic E-state index is 11.0. The number of halogens is 2. The summed E-state index contributed by atoms with van der Waals surface area (Å²) in [5.41, 5.74) is 0.583. The molecule has 3 nitrogen and oxygen atoms in total. The van der Waals surface area contributed by atoms with Crippen molar-refractivity contribution in [1.29, 1.82) is 0 Å². The number of benzene rings is 1. The number of rotatable bonds is 3. The van der Waals surface area contributed by atoms with Crippen molar-refractivity contribution in [2.75, 3.05) is 0 Å². The zero-order valence-electron chi connectivity index (χ0n) is 8.93. The number of thiophene rings is 1. The van der Waals surface area contributed by atoms with E-state index in [1.807, 2.05) is 0 Å². The van der Waals surface area contributed by atoms with E-state index in [0.717, 1.165) is 4.47 Å². The average Bonchev–Trinajstić information content (AvgIpc) is 2.80. The predicted molar refractivity (Wildman–Crippen MR) is 74.5 cm³/mol. The predicted octanol–water partition coefficient (Wildman–Crippen LogP) is 3.94. The molecule has 18 heavy (non-hydrogen) atoms. The molecule has 0 aliphatic heterocycles. The summed E-state index contributed by atoms with van der Waals surface area (Å²) in [5, 5.41) is 21.3. The van der Waals surface area contributed by atoms with E-state index in [4.69, 9.17) is 16.7 Å². The van der Waals surface area contributed by atoms with E-state index in [1.165, 1.54) is 17.4 Å². The number of carbonyl (C=O) groups is 1. The zero-order valence-corrected chi connectivity index (χ0v) is 12.1. The Morgan fingerprint density at radius 2 is 2.11 bits per heavy atom. The molecule has 0 spiro atoms. The van der Waals surface area contributed by atoms with Crippen LogP contribution in [0.5, 0.6) is 0 Å². The van der Waals surface area contributed by atoms with Gasteiger partial charge in [0.15, 0.2) is 0 Å². The summed E-state index contributed by atoms with van der Waals surface area (Å²) in [7, 11) is 0.